The van der Waals surface area contributed by atoms with Crippen LogP contribution in [0.25, 0.3) is 0 Å². The molecular weight excluding hydrogens is 292 g/mol. The summed E-state index contributed by atoms with van der Waals surface area (Å²) in [4.78, 5) is 20.4. The summed E-state index contributed by atoms with van der Waals surface area (Å²) in [7, 11) is 0. The Morgan fingerprint density at radius 1 is 1.39 bits per heavy atom. The summed E-state index contributed by atoms with van der Waals surface area (Å²) >= 11 is 0. The van der Waals surface area contributed by atoms with E-state index in [2.05, 4.69) is 20.4 Å². The predicted molar refractivity (Wildman–Crippen MR) is 86.7 cm³/mol. The zero-order chi connectivity index (χ0) is 16.9. The van der Waals surface area contributed by atoms with Crippen LogP contribution < -0.4 is 5.32 Å². The molecule has 0 spiro atoms. The van der Waals surface area contributed by atoms with Gasteiger partial charge in [-0.15, -0.1) is 0 Å². The highest BCUT2D eigenvalue weighted by molar-refractivity contribution is 5.76. The molecule has 2 rings (SSSR count). The molecule has 6 heteroatoms. The van der Waals surface area contributed by atoms with Gasteiger partial charge in [0, 0.05) is 30.7 Å². The number of aryl methyl sites for hydroxylation is 1. The van der Waals surface area contributed by atoms with Crippen molar-refractivity contribution in [1.29, 1.82) is 0 Å². The fraction of sp³-hybridized carbons (Fsp3) is 0.529. The van der Waals surface area contributed by atoms with Crippen molar-refractivity contribution in [2.24, 2.45) is 0 Å². The summed E-state index contributed by atoms with van der Waals surface area (Å²) < 4.78 is 5.22. The SMILES string of the molecule is CC(NC(=O)CCCc1nc(C(C)(C)C)no1)c1cccnc1. The van der Waals surface area contributed by atoms with Crippen LogP contribution in [-0.2, 0) is 16.6 Å². The van der Waals surface area contributed by atoms with Gasteiger partial charge >= 0.3 is 0 Å². The van der Waals surface area contributed by atoms with E-state index in [1.807, 2.05) is 39.8 Å². The maximum Gasteiger partial charge on any atom is 0.226 e. The lowest BCUT2D eigenvalue weighted by Gasteiger charge is -2.13. The van der Waals surface area contributed by atoms with Crippen molar-refractivity contribution in [3.8, 4) is 0 Å². The molecule has 2 aromatic heterocycles. The lowest BCUT2D eigenvalue weighted by atomic mass is 9.96. The number of hydrogen-bond acceptors (Lipinski definition) is 5. The third-order valence-corrected chi connectivity index (χ3v) is 3.50. The number of aromatic nitrogens is 3. The molecule has 6 nitrogen and oxygen atoms in total. The van der Waals surface area contributed by atoms with Crippen LogP contribution in [0.2, 0.25) is 0 Å². The highest BCUT2D eigenvalue weighted by Crippen LogP contribution is 2.19. The van der Waals surface area contributed by atoms with Crippen LogP contribution >= 0.6 is 0 Å². The third kappa shape index (κ3) is 5.16. The molecule has 124 valence electrons. The number of carbonyl (C=O) groups is 1. The van der Waals surface area contributed by atoms with E-state index >= 15 is 0 Å². The van der Waals surface area contributed by atoms with Crippen LogP contribution in [-0.4, -0.2) is 21.0 Å². The van der Waals surface area contributed by atoms with Crippen molar-refractivity contribution in [3.05, 3.63) is 41.8 Å². The Labute approximate surface area is 136 Å². The van der Waals surface area contributed by atoms with Gasteiger partial charge in [-0.1, -0.05) is 32.0 Å². The Hall–Kier alpha value is -2.24. The number of nitrogens with zero attached hydrogens (tertiary/aromatic N) is 3. The van der Waals surface area contributed by atoms with Crippen molar-refractivity contribution in [3.63, 3.8) is 0 Å². The standard InChI is InChI=1S/C17H24N4O2/c1-12(13-7-6-10-18-11-13)19-14(22)8-5-9-15-20-16(21-23-15)17(2,3)4/h6-7,10-12H,5,8-9H2,1-4H3,(H,19,22). The van der Waals surface area contributed by atoms with Crippen LogP contribution in [0.5, 0.6) is 0 Å². The molecule has 1 unspecified atom stereocenters. The summed E-state index contributed by atoms with van der Waals surface area (Å²) in [5, 5.41) is 6.95. The number of carbonyl (C=O) groups excluding carboxylic acids is 1. The molecule has 2 heterocycles. The second-order valence-corrected chi connectivity index (χ2v) is 6.69. The Morgan fingerprint density at radius 3 is 2.78 bits per heavy atom. The summed E-state index contributed by atoms with van der Waals surface area (Å²) in [6, 6.07) is 3.76. The molecule has 0 radical (unpaired) electrons. The summed E-state index contributed by atoms with van der Waals surface area (Å²) in [5.41, 5.74) is 0.866. The predicted octanol–water partition coefficient (Wildman–Crippen LogP) is 2.96. The van der Waals surface area contributed by atoms with E-state index in [9.17, 15) is 4.79 Å². The van der Waals surface area contributed by atoms with Gasteiger partial charge < -0.3 is 9.84 Å². The van der Waals surface area contributed by atoms with Gasteiger partial charge in [-0.3, -0.25) is 9.78 Å². The fourth-order valence-electron chi connectivity index (χ4n) is 2.09. The average Bonchev–Trinajstić information content (AvgIpc) is 2.97. The Bertz CT molecular complexity index is 632. The van der Waals surface area contributed by atoms with Crippen LogP contribution in [0.3, 0.4) is 0 Å². The Kier molecular flexibility index (Phi) is 5.47. The van der Waals surface area contributed by atoms with Crippen LogP contribution in [0, 0.1) is 0 Å². The summed E-state index contributed by atoms with van der Waals surface area (Å²) in [6.45, 7) is 8.06. The minimum atomic E-state index is -0.127. The zero-order valence-corrected chi connectivity index (χ0v) is 14.2. The molecule has 1 N–H and O–H groups in total. The zero-order valence-electron chi connectivity index (χ0n) is 14.2. The molecule has 23 heavy (non-hydrogen) atoms. The topological polar surface area (TPSA) is 80.9 Å². The average molecular weight is 316 g/mol. The molecule has 0 bridgehead atoms. The van der Waals surface area contributed by atoms with E-state index < -0.39 is 0 Å². The molecule has 0 aliphatic rings. The third-order valence-electron chi connectivity index (χ3n) is 3.50. The molecule has 0 saturated heterocycles. The molecule has 1 amide bonds. The molecule has 1 atom stereocenters. The van der Waals surface area contributed by atoms with E-state index in [-0.39, 0.29) is 17.4 Å². The first-order chi connectivity index (χ1) is 10.9. The lowest BCUT2D eigenvalue weighted by molar-refractivity contribution is -0.121. The first-order valence-electron chi connectivity index (χ1n) is 7.88. The second kappa shape index (κ2) is 7.35. The smallest absolute Gasteiger partial charge is 0.226 e. The highest BCUT2D eigenvalue weighted by atomic mass is 16.5. The van der Waals surface area contributed by atoms with E-state index in [0.717, 1.165) is 5.56 Å². The first kappa shape index (κ1) is 17.1. The molecule has 0 saturated carbocycles. The van der Waals surface area contributed by atoms with Gasteiger partial charge in [-0.05, 0) is 25.0 Å². The van der Waals surface area contributed by atoms with Crippen LogP contribution in [0.15, 0.2) is 29.0 Å². The maximum atomic E-state index is 12.0. The maximum absolute atomic E-state index is 12.0. The van der Waals surface area contributed by atoms with E-state index in [1.165, 1.54) is 0 Å². The van der Waals surface area contributed by atoms with Gasteiger partial charge in [-0.25, -0.2) is 0 Å². The fourth-order valence-corrected chi connectivity index (χ4v) is 2.09. The lowest BCUT2D eigenvalue weighted by Crippen LogP contribution is -2.26. The molecular formula is C17H24N4O2. The highest BCUT2D eigenvalue weighted by Gasteiger charge is 2.20. The van der Waals surface area contributed by atoms with Crippen LogP contribution in [0.4, 0.5) is 0 Å². The van der Waals surface area contributed by atoms with Crippen LogP contribution in [0.1, 0.15) is 63.9 Å². The van der Waals surface area contributed by atoms with Crippen molar-refractivity contribution >= 4 is 5.91 Å². The quantitative estimate of drug-likeness (QED) is 0.886. The number of amides is 1. The van der Waals surface area contributed by atoms with E-state index in [1.54, 1.807) is 12.4 Å². The minimum absolute atomic E-state index is 0.0110. The first-order valence-corrected chi connectivity index (χ1v) is 7.88. The summed E-state index contributed by atoms with van der Waals surface area (Å²) in [5.74, 6) is 1.29. The van der Waals surface area contributed by atoms with Crippen molar-refractivity contribution < 1.29 is 9.32 Å². The normalized spacial score (nSPS) is 12.9. The van der Waals surface area contributed by atoms with Crippen molar-refractivity contribution in [1.82, 2.24) is 20.4 Å². The monoisotopic (exact) mass is 316 g/mol. The molecule has 0 fully saturated rings. The molecule has 2 aromatic rings. The Balaban J connectivity index is 1.76. The molecule has 0 aromatic carbocycles. The van der Waals surface area contributed by atoms with Crippen molar-refractivity contribution in [2.75, 3.05) is 0 Å². The minimum Gasteiger partial charge on any atom is -0.350 e. The molecule has 0 aliphatic carbocycles. The number of hydrogen-bond donors (Lipinski definition) is 1. The summed E-state index contributed by atoms with van der Waals surface area (Å²) in [6.07, 6.45) is 5.19. The van der Waals surface area contributed by atoms with Crippen molar-refractivity contribution in [2.45, 2.75) is 58.4 Å². The molecule has 0 aliphatic heterocycles. The van der Waals surface area contributed by atoms with Gasteiger partial charge in [0.25, 0.3) is 0 Å². The van der Waals surface area contributed by atoms with Gasteiger partial charge in [0.15, 0.2) is 5.82 Å². The van der Waals surface area contributed by atoms with E-state index in [0.29, 0.717) is 31.0 Å². The number of nitrogens with one attached hydrogen (secondary N) is 1. The number of rotatable bonds is 6. The van der Waals surface area contributed by atoms with E-state index in [4.69, 9.17) is 4.52 Å². The van der Waals surface area contributed by atoms with Gasteiger partial charge in [-0.2, -0.15) is 4.98 Å². The number of pyridine rings is 1. The Morgan fingerprint density at radius 2 is 2.17 bits per heavy atom. The second-order valence-electron chi connectivity index (χ2n) is 6.69. The largest absolute Gasteiger partial charge is 0.350 e. The van der Waals surface area contributed by atoms with Gasteiger partial charge in [0.1, 0.15) is 0 Å². The van der Waals surface area contributed by atoms with Gasteiger partial charge in [0.2, 0.25) is 11.8 Å². The van der Waals surface area contributed by atoms with Gasteiger partial charge in [0.05, 0.1) is 6.04 Å².